The molecule has 0 amide bonds. The largest absolute Gasteiger partial charge is 0.489 e. The van der Waals surface area contributed by atoms with Crippen LogP contribution in [0.4, 0.5) is 0 Å². The number of hydrogen-bond donors (Lipinski definition) is 2. The van der Waals surface area contributed by atoms with Crippen molar-refractivity contribution in [1.29, 1.82) is 0 Å². The lowest BCUT2D eigenvalue weighted by atomic mass is 9.89. The van der Waals surface area contributed by atoms with Crippen molar-refractivity contribution in [2.45, 2.75) is 25.7 Å². The molecule has 138 valence electrons. The molecule has 2 heterocycles. The van der Waals surface area contributed by atoms with E-state index in [0.717, 1.165) is 46.5 Å². The number of H-pyrrole nitrogens is 1. The second-order valence-electron chi connectivity index (χ2n) is 6.72. The number of aromatic nitrogens is 2. The number of hydrogen-bond acceptors (Lipinski definition) is 4. The van der Waals surface area contributed by atoms with Crippen LogP contribution in [0.15, 0.2) is 48.8 Å². The number of ether oxygens (including phenoxy) is 1. The Hall–Kier alpha value is -2.92. The van der Waals surface area contributed by atoms with E-state index in [-0.39, 0.29) is 19.0 Å². The molecule has 0 aliphatic heterocycles. The molecule has 3 aromatic rings. The van der Waals surface area contributed by atoms with Gasteiger partial charge in [-0.25, -0.2) is 0 Å². The lowest BCUT2D eigenvalue weighted by molar-refractivity contribution is 0.0971. The minimum absolute atomic E-state index is 0.0646. The van der Waals surface area contributed by atoms with Crippen molar-refractivity contribution in [3.8, 4) is 17.0 Å². The molecule has 0 radical (unpaired) electrons. The fraction of sp³-hybridized carbons (Fsp3) is 0.273. The van der Waals surface area contributed by atoms with Crippen molar-refractivity contribution in [1.82, 2.24) is 9.97 Å². The van der Waals surface area contributed by atoms with Crippen molar-refractivity contribution in [3.63, 3.8) is 0 Å². The third-order valence-electron chi connectivity index (χ3n) is 4.92. The maximum absolute atomic E-state index is 12.7. The quantitative estimate of drug-likeness (QED) is 0.703. The Morgan fingerprint density at radius 1 is 1.15 bits per heavy atom. The highest BCUT2D eigenvalue weighted by atomic mass is 16.5. The molecule has 5 nitrogen and oxygen atoms in total. The summed E-state index contributed by atoms with van der Waals surface area (Å²) < 4.78 is 5.69. The number of aryl methyl sites for hydroxylation is 1. The summed E-state index contributed by atoms with van der Waals surface area (Å²) in [4.78, 5) is 20.3. The first kappa shape index (κ1) is 17.5. The molecule has 0 atom stereocenters. The van der Waals surface area contributed by atoms with E-state index in [1.54, 1.807) is 12.4 Å². The number of ketones is 1. The number of Topliss-reactive ketones (excluding diaryl/α,β-unsaturated/α-hetero) is 1. The first-order chi connectivity index (χ1) is 13.3. The van der Waals surface area contributed by atoms with Gasteiger partial charge in [-0.2, -0.15) is 0 Å². The summed E-state index contributed by atoms with van der Waals surface area (Å²) in [6.45, 7) is 0.136. The SMILES string of the molecule is O=C1CCCc2[nH]c(-c3ccncc3OCCO)c(Cc3ccccc3)c21. The van der Waals surface area contributed by atoms with Crippen molar-refractivity contribution in [3.05, 3.63) is 71.2 Å². The van der Waals surface area contributed by atoms with E-state index in [1.165, 1.54) is 0 Å². The molecular weight excluding hydrogens is 340 g/mol. The summed E-state index contributed by atoms with van der Waals surface area (Å²) in [6, 6.07) is 12.1. The fourth-order valence-electron chi connectivity index (χ4n) is 3.73. The number of aliphatic hydroxyl groups excluding tert-OH is 1. The lowest BCUT2D eigenvalue weighted by Gasteiger charge is -2.13. The Kier molecular flexibility index (Phi) is 5.03. The molecule has 27 heavy (non-hydrogen) atoms. The van der Waals surface area contributed by atoms with E-state index in [1.807, 2.05) is 24.3 Å². The summed E-state index contributed by atoms with van der Waals surface area (Å²) in [7, 11) is 0. The van der Waals surface area contributed by atoms with Gasteiger partial charge in [0.05, 0.1) is 18.5 Å². The fourth-order valence-corrected chi connectivity index (χ4v) is 3.73. The van der Waals surface area contributed by atoms with E-state index in [2.05, 4.69) is 22.1 Å². The average Bonchev–Trinajstić information content (AvgIpc) is 3.07. The Morgan fingerprint density at radius 3 is 2.81 bits per heavy atom. The van der Waals surface area contributed by atoms with E-state index in [4.69, 9.17) is 9.84 Å². The normalized spacial score (nSPS) is 13.4. The highest BCUT2D eigenvalue weighted by Crippen LogP contribution is 2.37. The molecule has 1 aromatic carbocycles. The standard InChI is InChI=1S/C22H22N2O3/c25-11-12-27-20-14-23-10-9-16(20)22-17(13-15-5-2-1-3-6-15)21-18(24-22)7-4-8-19(21)26/h1-3,5-6,9-10,14,24-25H,4,7-8,11-13H2. The molecule has 1 aliphatic rings. The molecule has 0 saturated heterocycles. The summed E-state index contributed by atoms with van der Waals surface area (Å²) in [5.74, 6) is 0.809. The summed E-state index contributed by atoms with van der Waals surface area (Å²) in [5, 5.41) is 9.11. The summed E-state index contributed by atoms with van der Waals surface area (Å²) >= 11 is 0. The monoisotopic (exact) mass is 362 g/mol. The van der Waals surface area contributed by atoms with E-state index in [9.17, 15) is 4.79 Å². The topological polar surface area (TPSA) is 75.2 Å². The number of aliphatic hydroxyl groups is 1. The first-order valence-corrected chi connectivity index (χ1v) is 9.27. The number of nitrogens with one attached hydrogen (secondary N) is 1. The number of nitrogens with zero attached hydrogens (tertiary/aromatic N) is 1. The van der Waals surface area contributed by atoms with E-state index >= 15 is 0 Å². The number of benzene rings is 1. The molecule has 1 aliphatic carbocycles. The molecule has 0 spiro atoms. The van der Waals surface area contributed by atoms with Crippen molar-refractivity contribution < 1.29 is 14.6 Å². The maximum Gasteiger partial charge on any atom is 0.165 e. The van der Waals surface area contributed by atoms with Gasteiger partial charge in [0.25, 0.3) is 0 Å². The molecule has 0 bridgehead atoms. The van der Waals surface area contributed by atoms with Gasteiger partial charge in [0.2, 0.25) is 0 Å². The predicted molar refractivity (Wildman–Crippen MR) is 103 cm³/mol. The molecule has 0 unspecified atom stereocenters. The van der Waals surface area contributed by atoms with Crippen molar-refractivity contribution >= 4 is 5.78 Å². The number of rotatable bonds is 6. The number of carbonyl (C=O) groups excluding carboxylic acids is 1. The smallest absolute Gasteiger partial charge is 0.165 e. The van der Waals surface area contributed by atoms with E-state index in [0.29, 0.717) is 18.6 Å². The van der Waals surface area contributed by atoms with Crippen LogP contribution in [0, 0.1) is 0 Å². The lowest BCUT2D eigenvalue weighted by Crippen LogP contribution is -2.11. The van der Waals surface area contributed by atoms with Crippen molar-refractivity contribution in [2.24, 2.45) is 0 Å². The zero-order valence-electron chi connectivity index (χ0n) is 15.1. The van der Waals surface area contributed by atoms with Crippen LogP contribution in [0.1, 0.15) is 40.0 Å². The second kappa shape index (κ2) is 7.76. The van der Waals surface area contributed by atoms with Gasteiger partial charge in [0.15, 0.2) is 5.78 Å². The molecule has 0 fully saturated rings. The van der Waals surface area contributed by atoms with Gasteiger partial charge < -0.3 is 14.8 Å². The third-order valence-corrected chi connectivity index (χ3v) is 4.92. The van der Waals surface area contributed by atoms with Gasteiger partial charge in [-0.15, -0.1) is 0 Å². The number of aromatic amines is 1. The van der Waals surface area contributed by atoms with Gasteiger partial charge in [0.1, 0.15) is 12.4 Å². The molecule has 2 N–H and O–H groups in total. The van der Waals surface area contributed by atoms with Gasteiger partial charge in [-0.1, -0.05) is 30.3 Å². The van der Waals surface area contributed by atoms with Crippen molar-refractivity contribution in [2.75, 3.05) is 13.2 Å². The minimum Gasteiger partial charge on any atom is -0.489 e. The Balaban J connectivity index is 1.85. The predicted octanol–water partition coefficient (Wildman–Crippen LogP) is 3.56. The Labute approximate surface area is 158 Å². The Bertz CT molecular complexity index is 947. The third kappa shape index (κ3) is 3.51. The Morgan fingerprint density at radius 2 is 2.00 bits per heavy atom. The van der Waals surface area contributed by atoms with Crippen LogP contribution < -0.4 is 4.74 Å². The van der Waals surface area contributed by atoms with Gasteiger partial charge in [-0.05, 0) is 30.0 Å². The summed E-state index contributed by atoms with van der Waals surface area (Å²) in [6.07, 6.45) is 6.39. The zero-order valence-corrected chi connectivity index (χ0v) is 15.1. The summed E-state index contributed by atoms with van der Waals surface area (Å²) in [5.41, 5.74) is 5.80. The minimum atomic E-state index is -0.0646. The number of carbonyl (C=O) groups is 1. The van der Waals surface area contributed by atoms with Gasteiger partial charge in [0, 0.05) is 35.9 Å². The maximum atomic E-state index is 12.7. The van der Waals surface area contributed by atoms with Crippen LogP contribution in [0.3, 0.4) is 0 Å². The van der Waals surface area contributed by atoms with Crippen LogP contribution in [0.2, 0.25) is 0 Å². The average molecular weight is 362 g/mol. The first-order valence-electron chi connectivity index (χ1n) is 9.27. The highest BCUT2D eigenvalue weighted by Gasteiger charge is 2.27. The van der Waals surface area contributed by atoms with Crippen LogP contribution >= 0.6 is 0 Å². The van der Waals surface area contributed by atoms with Crippen LogP contribution in [0.25, 0.3) is 11.3 Å². The molecular formula is C22H22N2O3. The van der Waals surface area contributed by atoms with Crippen LogP contribution in [0.5, 0.6) is 5.75 Å². The van der Waals surface area contributed by atoms with Crippen LogP contribution in [-0.4, -0.2) is 34.1 Å². The van der Waals surface area contributed by atoms with E-state index < -0.39 is 0 Å². The number of pyridine rings is 1. The zero-order chi connectivity index (χ0) is 18.6. The number of fused-ring (bicyclic) bond motifs is 1. The van der Waals surface area contributed by atoms with Crippen LogP contribution in [-0.2, 0) is 12.8 Å². The highest BCUT2D eigenvalue weighted by molar-refractivity contribution is 6.01. The molecule has 2 aromatic heterocycles. The molecule has 0 saturated carbocycles. The van der Waals surface area contributed by atoms with Gasteiger partial charge >= 0.3 is 0 Å². The molecule has 5 heteroatoms. The second-order valence-corrected chi connectivity index (χ2v) is 6.72. The molecule has 4 rings (SSSR count). The van der Waals surface area contributed by atoms with Gasteiger partial charge in [-0.3, -0.25) is 9.78 Å².